The van der Waals surface area contributed by atoms with E-state index in [2.05, 4.69) is 5.32 Å². The van der Waals surface area contributed by atoms with Crippen LogP contribution in [-0.4, -0.2) is 16.5 Å². The molecule has 1 fully saturated rings. The molecule has 2 aromatic rings. The van der Waals surface area contributed by atoms with Gasteiger partial charge in [-0.2, -0.15) is 0 Å². The number of amides is 1. The van der Waals surface area contributed by atoms with Gasteiger partial charge in [-0.25, -0.2) is 0 Å². The molecule has 148 valence electrons. The average molecular weight is 449 g/mol. The summed E-state index contributed by atoms with van der Waals surface area (Å²) in [5, 5.41) is 5.86. The number of carbonyl (C=O) groups is 1. The molecule has 1 aliphatic carbocycles. The highest BCUT2D eigenvalue weighted by atomic mass is 35.5. The van der Waals surface area contributed by atoms with Crippen LogP contribution >= 0.6 is 46.9 Å². The summed E-state index contributed by atoms with van der Waals surface area (Å²) in [6.07, 6.45) is 7.80. The molecule has 1 saturated carbocycles. The molecule has 0 bridgehead atoms. The lowest BCUT2D eigenvalue weighted by atomic mass is 10.1. The zero-order chi connectivity index (χ0) is 18.5. The summed E-state index contributed by atoms with van der Waals surface area (Å²) in [6, 6.07) is 5.42. The average Bonchev–Trinajstić information content (AvgIpc) is 2.76. The van der Waals surface area contributed by atoms with Gasteiger partial charge in [0.1, 0.15) is 0 Å². The van der Waals surface area contributed by atoms with Gasteiger partial charge in [-0.1, -0.05) is 48.9 Å². The van der Waals surface area contributed by atoms with E-state index in [1.165, 1.54) is 38.5 Å². The molecule has 3 rings (SSSR count). The summed E-state index contributed by atoms with van der Waals surface area (Å²) >= 11 is 13.6. The first-order chi connectivity index (χ1) is 12.5. The van der Waals surface area contributed by atoms with Crippen molar-refractivity contribution in [2.75, 3.05) is 5.32 Å². The third-order valence-electron chi connectivity index (χ3n) is 4.62. The lowest BCUT2D eigenvalue weighted by Crippen LogP contribution is -2.21. The van der Waals surface area contributed by atoms with Gasteiger partial charge in [-0.05, 0) is 31.0 Å². The maximum atomic E-state index is 12.4. The maximum absolute atomic E-state index is 12.4. The number of thiazole rings is 1. The lowest BCUT2D eigenvalue weighted by molar-refractivity contribution is -0.115. The number of carbonyl (C=O) groups excluding carboxylic acids is 1. The van der Waals surface area contributed by atoms with Crippen LogP contribution < -0.4 is 10.1 Å². The van der Waals surface area contributed by atoms with Crippen molar-refractivity contribution in [3.63, 3.8) is 0 Å². The highest BCUT2D eigenvalue weighted by Gasteiger charge is 2.13. The maximum Gasteiger partial charge on any atom is 0.230 e. The van der Waals surface area contributed by atoms with Crippen molar-refractivity contribution >= 4 is 58.5 Å². The first-order valence-electron chi connectivity index (χ1n) is 8.94. The molecule has 0 spiro atoms. The van der Waals surface area contributed by atoms with Crippen LogP contribution in [0.25, 0.3) is 0 Å². The van der Waals surface area contributed by atoms with Crippen LogP contribution in [0.1, 0.15) is 44.2 Å². The van der Waals surface area contributed by atoms with E-state index < -0.39 is 0 Å². The number of hydrogen-bond donors (Lipinski definition) is 1. The topological polar surface area (TPSA) is 46.4 Å². The predicted octanol–water partition coefficient (Wildman–Crippen LogP) is 5.62. The minimum atomic E-state index is -0.0993. The largest absolute Gasteiger partial charge is 0.326 e. The van der Waals surface area contributed by atoms with Crippen LogP contribution in [0.5, 0.6) is 0 Å². The Labute approximate surface area is 180 Å². The van der Waals surface area contributed by atoms with E-state index in [1.807, 2.05) is 17.0 Å². The van der Waals surface area contributed by atoms with E-state index in [9.17, 15) is 4.79 Å². The number of rotatable bonds is 4. The molecule has 0 atom stereocenters. The smallest absolute Gasteiger partial charge is 0.230 e. The molecule has 1 aliphatic rings. The van der Waals surface area contributed by atoms with E-state index >= 15 is 0 Å². The number of nitrogens with one attached hydrogen (secondary N) is 1. The van der Waals surface area contributed by atoms with Gasteiger partial charge >= 0.3 is 0 Å². The Bertz CT molecular complexity index is 819. The highest BCUT2D eigenvalue weighted by Crippen LogP contribution is 2.23. The molecule has 1 aromatic carbocycles. The second-order valence-corrected chi connectivity index (χ2v) is 8.44. The molecule has 1 aromatic heterocycles. The summed E-state index contributed by atoms with van der Waals surface area (Å²) < 4.78 is 2.03. The van der Waals surface area contributed by atoms with Gasteiger partial charge in [0.2, 0.25) is 5.91 Å². The van der Waals surface area contributed by atoms with E-state index in [4.69, 9.17) is 28.2 Å². The van der Waals surface area contributed by atoms with E-state index in [-0.39, 0.29) is 24.7 Å². The van der Waals surface area contributed by atoms with Crippen LogP contribution in [0.15, 0.2) is 28.6 Å². The molecule has 0 unspecified atom stereocenters. The minimum absolute atomic E-state index is 0. The van der Waals surface area contributed by atoms with Crippen LogP contribution in [0, 0.1) is 0 Å². The monoisotopic (exact) mass is 447 g/mol. The predicted molar refractivity (Wildman–Crippen MR) is 116 cm³/mol. The van der Waals surface area contributed by atoms with Gasteiger partial charge < -0.3 is 9.88 Å². The fraction of sp³-hybridized carbons (Fsp3) is 0.474. The fourth-order valence-electron chi connectivity index (χ4n) is 3.22. The Morgan fingerprint density at radius 2 is 1.81 bits per heavy atom. The standard InChI is InChI=1S/C19H23Cl2N3OS.ClH/c1-24-17(11-18(25)22-16-9-13(20)8-14(21)10-16)12-26-19(24)23-15-6-4-2-3-5-7-15;/h8-10,12,15H,2-7,11H2,1H3,(H,22,25);1H. The van der Waals surface area contributed by atoms with Crippen molar-refractivity contribution in [2.24, 2.45) is 12.0 Å². The third kappa shape index (κ3) is 6.53. The van der Waals surface area contributed by atoms with E-state index in [0.29, 0.717) is 21.8 Å². The molecule has 4 nitrogen and oxygen atoms in total. The molecule has 1 heterocycles. The van der Waals surface area contributed by atoms with Crippen LogP contribution in [0.4, 0.5) is 5.69 Å². The van der Waals surface area contributed by atoms with Crippen molar-refractivity contribution in [3.05, 3.63) is 44.1 Å². The summed E-state index contributed by atoms with van der Waals surface area (Å²) in [7, 11) is 1.98. The first kappa shape index (κ1) is 22.3. The number of halogens is 3. The van der Waals surface area contributed by atoms with Gasteiger partial charge in [0.15, 0.2) is 4.80 Å². The van der Waals surface area contributed by atoms with Gasteiger partial charge in [-0.3, -0.25) is 9.79 Å². The van der Waals surface area contributed by atoms with Gasteiger partial charge in [0.05, 0.1) is 12.5 Å². The third-order valence-corrected chi connectivity index (χ3v) is 6.04. The first-order valence-corrected chi connectivity index (χ1v) is 10.6. The number of benzene rings is 1. The molecule has 0 saturated heterocycles. The van der Waals surface area contributed by atoms with Crippen LogP contribution in [0.3, 0.4) is 0 Å². The number of hydrogen-bond acceptors (Lipinski definition) is 3. The van der Waals surface area contributed by atoms with Gasteiger partial charge in [0, 0.05) is 33.9 Å². The zero-order valence-electron chi connectivity index (χ0n) is 15.2. The van der Waals surface area contributed by atoms with Crippen molar-refractivity contribution in [2.45, 2.75) is 51.0 Å². The van der Waals surface area contributed by atoms with Crippen molar-refractivity contribution in [1.82, 2.24) is 4.57 Å². The quantitative estimate of drug-likeness (QED) is 0.606. The molecular formula is C19H24Cl3N3OS. The Hall–Kier alpha value is -1.01. The van der Waals surface area contributed by atoms with Gasteiger partial charge in [-0.15, -0.1) is 23.7 Å². The Balaban J connectivity index is 0.00000261. The van der Waals surface area contributed by atoms with Crippen molar-refractivity contribution in [1.29, 1.82) is 0 Å². The van der Waals surface area contributed by atoms with Crippen LogP contribution in [-0.2, 0) is 18.3 Å². The summed E-state index contributed by atoms with van der Waals surface area (Å²) in [6.45, 7) is 0. The molecule has 1 amide bonds. The SMILES string of the molecule is Cl.Cn1c(CC(=O)Nc2cc(Cl)cc(Cl)c2)csc1=NC1CCCCCC1. The summed E-state index contributed by atoms with van der Waals surface area (Å²) in [5.41, 5.74) is 1.56. The fourth-order valence-corrected chi connectivity index (χ4v) is 4.71. The Morgan fingerprint density at radius 1 is 1.19 bits per heavy atom. The molecule has 27 heavy (non-hydrogen) atoms. The summed E-state index contributed by atoms with van der Waals surface area (Å²) in [4.78, 5) is 18.3. The number of anilines is 1. The zero-order valence-corrected chi connectivity index (χ0v) is 18.4. The second kappa shape index (κ2) is 10.5. The van der Waals surface area contributed by atoms with Crippen LogP contribution in [0.2, 0.25) is 10.0 Å². The normalized spacial score (nSPS) is 15.9. The molecule has 0 radical (unpaired) electrons. The number of nitrogens with zero attached hydrogens (tertiary/aromatic N) is 2. The molecule has 8 heteroatoms. The van der Waals surface area contributed by atoms with E-state index in [0.717, 1.165) is 10.5 Å². The Kier molecular flexibility index (Phi) is 8.67. The molecular weight excluding hydrogens is 425 g/mol. The van der Waals surface area contributed by atoms with Crippen molar-refractivity contribution in [3.8, 4) is 0 Å². The van der Waals surface area contributed by atoms with Crippen molar-refractivity contribution < 1.29 is 4.79 Å². The molecule has 0 aliphatic heterocycles. The van der Waals surface area contributed by atoms with E-state index in [1.54, 1.807) is 29.5 Å². The Morgan fingerprint density at radius 3 is 2.44 bits per heavy atom. The minimum Gasteiger partial charge on any atom is -0.326 e. The number of aromatic nitrogens is 1. The highest BCUT2D eigenvalue weighted by molar-refractivity contribution is 7.07. The van der Waals surface area contributed by atoms with Gasteiger partial charge in [0.25, 0.3) is 0 Å². The molecule has 1 N–H and O–H groups in total. The summed E-state index contributed by atoms with van der Waals surface area (Å²) in [5.74, 6) is -0.0993. The lowest BCUT2D eigenvalue weighted by Gasteiger charge is -2.08. The second-order valence-electron chi connectivity index (χ2n) is 6.73.